The van der Waals surface area contributed by atoms with Crippen molar-refractivity contribution in [1.82, 2.24) is 5.32 Å². The van der Waals surface area contributed by atoms with Crippen LogP contribution in [0.1, 0.15) is 24.0 Å². The van der Waals surface area contributed by atoms with E-state index in [0.717, 1.165) is 16.6 Å². The van der Waals surface area contributed by atoms with E-state index in [1.807, 2.05) is 12.1 Å². The lowest BCUT2D eigenvalue weighted by molar-refractivity contribution is 0.279. The van der Waals surface area contributed by atoms with E-state index in [-0.39, 0.29) is 12.4 Å². The fraction of sp³-hybridized carbons (Fsp3) is 0.333. The molecule has 1 aliphatic rings. The normalized spacial score (nSPS) is 13.8. The minimum atomic E-state index is -0.384. The molecule has 0 aromatic heterocycles. The summed E-state index contributed by atoms with van der Waals surface area (Å²) in [4.78, 5) is 0. The van der Waals surface area contributed by atoms with Crippen molar-refractivity contribution in [2.45, 2.75) is 32.0 Å². The Morgan fingerprint density at radius 1 is 1.29 bits per heavy atom. The quantitative estimate of drug-likeness (QED) is 0.685. The first kappa shape index (κ1) is 17.5. The Kier molecular flexibility index (Phi) is 5.64. The molecule has 2 aromatic rings. The second-order valence-electron chi connectivity index (χ2n) is 5.74. The minimum Gasteiger partial charge on any atom is -0.493 e. The van der Waals surface area contributed by atoms with E-state index in [0.29, 0.717) is 28.1 Å². The molecule has 0 unspecified atom stereocenters. The third-order valence-corrected chi connectivity index (χ3v) is 5.02. The molecule has 0 saturated heterocycles. The van der Waals surface area contributed by atoms with Crippen LogP contribution in [-0.4, -0.2) is 13.2 Å². The van der Waals surface area contributed by atoms with Gasteiger partial charge in [-0.2, -0.15) is 0 Å². The van der Waals surface area contributed by atoms with Crippen molar-refractivity contribution in [3.8, 4) is 11.5 Å². The van der Waals surface area contributed by atoms with Crippen LogP contribution in [0.15, 0.2) is 34.8 Å². The summed E-state index contributed by atoms with van der Waals surface area (Å²) < 4.78 is 25.9. The van der Waals surface area contributed by atoms with E-state index in [4.69, 9.17) is 21.1 Å². The predicted molar refractivity (Wildman–Crippen MR) is 96.3 cm³/mol. The van der Waals surface area contributed by atoms with Gasteiger partial charge < -0.3 is 14.8 Å². The van der Waals surface area contributed by atoms with E-state index in [1.54, 1.807) is 19.2 Å². The van der Waals surface area contributed by atoms with Gasteiger partial charge in [0.05, 0.1) is 12.1 Å². The summed E-state index contributed by atoms with van der Waals surface area (Å²) >= 11 is 9.59. The summed E-state index contributed by atoms with van der Waals surface area (Å²) in [6, 6.07) is 8.98. The van der Waals surface area contributed by atoms with Crippen molar-refractivity contribution in [2.24, 2.45) is 0 Å². The van der Waals surface area contributed by atoms with Gasteiger partial charge in [-0.25, -0.2) is 4.39 Å². The third-order valence-electron chi connectivity index (χ3n) is 3.92. The average Bonchev–Trinajstić information content (AvgIpc) is 3.38. The summed E-state index contributed by atoms with van der Waals surface area (Å²) in [5.41, 5.74) is 1.42. The highest BCUT2D eigenvalue weighted by Gasteiger charge is 2.21. The van der Waals surface area contributed by atoms with Gasteiger partial charge in [-0.05, 0) is 42.7 Å². The fourth-order valence-corrected chi connectivity index (χ4v) is 3.03. The van der Waals surface area contributed by atoms with Gasteiger partial charge in [0.25, 0.3) is 0 Å². The number of ether oxygens (including phenoxy) is 2. The zero-order valence-electron chi connectivity index (χ0n) is 13.2. The fourth-order valence-electron chi connectivity index (χ4n) is 2.35. The van der Waals surface area contributed by atoms with E-state index in [1.165, 1.54) is 18.9 Å². The van der Waals surface area contributed by atoms with Gasteiger partial charge in [0, 0.05) is 22.6 Å². The Morgan fingerprint density at radius 2 is 2.08 bits per heavy atom. The van der Waals surface area contributed by atoms with Crippen molar-refractivity contribution < 1.29 is 13.9 Å². The topological polar surface area (TPSA) is 30.5 Å². The SMILES string of the molecule is COc1cc(CNC2CC2)c(Br)cc1OCc1c(F)cccc1Cl. The third kappa shape index (κ3) is 4.21. The van der Waals surface area contributed by atoms with Crippen molar-refractivity contribution in [3.63, 3.8) is 0 Å². The monoisotopic (exact) mass is 413 g/mol. The number of nitrogens with one attached hydrogen (secondary N) is 1. The van der Waals surface area contributed by atoms with Crippen molar-refractivity contribution in [3.05, 3.63) is 56.8 Å². The average molecular weight is 415 g/mol. The van der Waals surface area contributed by atoms with Crippen LogP contribution >= 0.6 is 27.5 Å². The summed E-state index contributed by atoms with van der Waals surface area (Å²) in [5.74, 6) is 0.767. The van der Waals surface area contributed by atoms with Crippen LogP contribution in [0.5, 0.6) is 11.5 Å². The molecule has 0 atom stereocenters. The standard InChI is InChI=1S/C18H18BrClFNO2/c1-23-17-7-11(9-22-12-5-6-12)14(19)8-18(17)24-10-13-15(20)3-2-4-16(13)21/h2-4,7-8,12,22H,5-6,9-10H2,1H3. The Bertz CT molecular complexity index is 717. The van der Waals surface area contributed by atoms with Crippen LogP contribution in [0, 0.1) is 5.82 Å². The zero-order chi connectivity index (χ0) is 17.1. The van der Waals surface area contributed by atoms with Crippen LogP contribution < -0.4 is 14.8 Å². The Hall–Kier alpha value is -1.30. The first-order valence-electron chi connectivity index (χ1n) is 7.74. The van der Waals surface area contributed by atoms with Crippen molar-refractivity contribution >= 4 is 27.5 Å². The highest BCUT2D eigenvalue weighted by molar-refractivity contribution is 9.10. The van der Waals surface area contributed by atoms with Gasteiger partial charge in [-0.15, -0.1) is 0 Å². The van der Waals surface area contributed by atoms with E-state index < -0.39 is 0 Å². The van der Waals surface area contributed by atoms with Crippen LogP contribution in [0.25, 0.3) is 0 Å². The molecule has 2 aromatic carbocycles. The molecule has 3 nitrogen and oxygen atoms in total. The molecule has 0 radical (unpaired) electrons. The Labute approximate surface area is 154 Å². The summed E-state index contributed by atoms with van der Waals surface area (Å²) in [5, 5.41) is 3.81. The molecule has 3 rings (SSSR count). The Morgan fingerprint density at radius 3 is 2.75 bits per heavy atom. The highest BCUT2D eigenvalue weighted by atomic mass is 79.9. The lowest BCUT2D eigenvalue weighted by Crippen LogP contribution is -2.15. The maximum absolute atomic E-state index is 13.8. The van der Waals surface area contributed by atoms with E-state index in [2.05, 4.69) is 21.2 Å². The summed E-state index contributed by atoms with van der Waals surface area (Å²) in [7, 11) is 1.59. The number of rotatable bonds is 7. The molecule has 1 fully saturated rings. The summed E-state index contributed by atoms with van der Waals surface area (Å²) in [6.07, 6.45) is 2.47. The van der Waals surface area contributed by atoms with Gasteiger partial charge in [-0.3, -0.25) is 0 Å². The molecule has 0 bridgehead atoms. The molecule has 0 aliphatic heterocycles. The van der Waals surface area contributed by atoms with Gasteiger partial charge in [-0.1, -0.05) is 33.6 Å². The van der Waals surface area contributed by atoms with Gasteiger partial charge in [0.2, 0.25) is 0 Å². The molecule has 6 heteroatoms. The molecule has 128 valence electrons. The number of methoxy groups -OCH3 is 1. The predicted octanol–water partition coefficient (Wildman–Crippen LogP) is 5.08. The molecule has 0 amide bonds. The van der Waals surface area contributed by atoms with E-state index >= 15 is 0 Å². The molecule has 24 heavy (non-hydrogen) atoms. The van der Waals surface area contributed by atoms with Gasteiger partial charge >= 0.3 is 0 Å². The maximum Gasteiger partial charge on any atom is 0.162 e. The van der Waals surface area contributed by atoms with E-state index in [9.17, 15) is 4.39 Å². The molecule has 1 aliphatic carbocycles. The van der Waals surface area contributed by atoms with Crippen LogP contribution in [0.4, 0.5) is 4.39 Å². The molecular formula is C18H18BrClFNO2. The van der Waals surface area contributed by atoms with Crippen molar-refractivity contribution in [2.75, 3.05) is 7.11 Å². The Balaban J connectivity index is 1.75. The highest BCUT2D eigenvalue weighted by Crippen LogP contribution is 2.35. The number of hydrogen-bond donors (Lipinski definition) is 1. The number of benzene rings is 2. The molecule has 0 heterocycles. The molecular weight excluding hydrogens is 397 g/mol. The van der Waals surface area contributed by atoms with Crippen LogP contribution in [0.3, 0.4) is 0 Å². The largest absolute Gasteiger partial charge is 0.493 e. The second kappa shape index (κ2) is 7.72. The van der Waals surface area contributed by atoms with Crippen LogP contribution in [-0.2, 0) is 13.2 Å². The first-order valence-corrected chi connectivity index (χ1v) is 8.91. The molecule has 1 N–H and O–H groups in total. The van der Waals surface area contributed by atoms with Crippen molar-refractivity contribution in [1.29, 1.82) is 0 Å². The second-order valence-corrected chi connectivity index (χ2v) is 7.00. The van der Waals surface area contributed by atoms with Gasteiger partial charge in [0.15, 0.2) is 11.5 Å². The lowest BCUT2D eigenvalue weighted by atomic mass is 10.2. The summed E-state index contributed by atoms with van der Waals surface area (Å²) in [6.45, 7) is 0.801. The molecule has 1 saturated carbocycles. The maximum atomic E-state index is 13.8. The first-order chi connectivity index (χ1) is 11.6. The molecule has 0 spiro atoms. The minimum absolute atomic E-state index is 0.0357. The van der Waals surface area contributed by atoms with Gasteiger partial charge in [0.1, 0.15) is 12.4 Å². The number of halogens is 3. The number of hydrogen-bond acceptors (Lipinski definition) is 3. The lowest BCUT2D eigenvalue weighted by Gasteiger charge is -2.15. The zero-order valence-corrected chi connectivity index (χ0v) is 15.6. The van der Waals surface area contributed by atoms with Crippen LogP contribution in [0.2, 0.25) is 5.02 Å². The smallest absolute Gasteiger partial charge is 0.162 e.